The fourth-order valence-corrected chi connectivity index (χ4v) is 4.61. The minimum atomic E-state index is -4.90. The topological polar surface area (TPSA) is 127 Å². The second-order valence-electron chi connectivity index (χ2n) is 3.64. The van der Waals surface area contributed by atoms with Crippen LogP contribution in [-0.2, 0) is 9.13 Å². The van der Waals surface area contributed by atoms with Crippen LogP contribution in [0.3, 0.4) is 0 Å². The first kappa shape index (κ1) is 13.3. The molecular weight excluding hydrogens is 244 g/mol. The van der Waals surface area contributed by atoms with Crippen LogP contribution >= 0.6 is 15.2 Å². The van der Waals surface area contributed by atoms with E-state index < -0.39 is 20.2 Å². The summed E-state index contributed by atoms with van der Waals surface area (Å²) in [7, 11) is -9.79. The van der Waals surface area contributed by atoms with Crippen LogP contribution in [0.2, 0.25) is 0 Å². The third-order valence-electron chi connectivity index (χ3n) is 2.57. The van der Waals surface area contributed by atoms with E-state index >= 15 is 0 Å². The maximum atomic E-state index is 11.2. The Balaban J connectivity index is 3.17. The van der Waals surface area contributed by atoms with E-state index in [-0.39, 0.29) is 13.0 Å². The smallest absolute Gasteiger partial charge is 0.323 e. The Morgan fingerprint density at radius 3 is 1.93 bits per heavy atom. The van der Waals surface area contributed by atoms with Crippen LogP contribution in [0.5, 0.6) is 0 Å². The summed E-state index contributed by atoms with van der Waals surface area (Å²) < 4.78 is 22.5. The van der Waals surface area contributed by atoms with Crippen molar-refractivity contribution in [3.63, 3.8) is 0 Å². The first-order valence-corrected chi connectivity index (χ1v) is 7.79. The fraction of sp³-hybridized carbons (Fsp3) is 1.00. The van der Waals surface area contributed by atoms with E-state index in [2.05, 4.69) is 5.32 Å². The predicted molar refractivity (Wildman–Crippen MR) is 53.3 cm³/mol. The lowest BCUT2D eigenvalue weighted by Gasteiger charge is -2.34. The molecule has 1 aliphatic heterocycles. The van der Waals surface area contributed by atoms with Crippen molar-refractivity contribution >= 4 is 15.2 Å². The molecule has 7 nitrogen and oxygen atoms in total. The summed E-state index contributed by atoms with van der Waals surface area (Å²) in [5.41, 5.74) is 0. The highest BCUT2D eigenvalue weighted by atomic mass is 31.2. The lowest BCUT2D eigenvalue weighted by atomic mass is 10.2. The highest BCUT2D eigenvalue weighted by Crippen LogP contribution is 2.69. The molecule has 0 saturated carbocycles. The van der Waals surface area contributed by atoms with E-state index in [9.17, 15) is 9.13 Å². The summed E-state index contributed by atoms with van der Waals surface area (Å²) in [6.07, 6.45) is 1.54. The Bertz CT molecular complexity index is 288. The van der Waals surface area contributed by atoms with Crippen LogP contribution in [0.1, 0.15) is 25.7 Å². The molecule has 0 atom stereocenters. The van der Waals surface area contributed by atoms with E-state index in [1.165, 1.54) is 0 Å². The van der Waals surface area contributed by atoms with Gasteiger partial charge in [-0.15, -0.1) is 0 Å². The van der Waals surface area contributed by atoms with Crippen molar-refractivity contribution < 1.29 is 28.7 Å². The Labute approximate surface area is 87.2 Å². The molecule has 5 N–H and O–H groups in total. The summed E-state index contributed by atoms with van der Waals surface area (Å²) in [4.78, 5) is 36.4. The lowest BCUT2D eigenvalue weighted by molar-refractivity contribution is 0.284. The molecule has 9 heteroatoms. The van der Waals surface area contributed by atoms with Crippen LogP contribution < -0.4 is 5.32 Å². The predicted octanol–water partition coefficient (Wildman–Crippen LogP) is 0.159. The van der Waals surface area contributed by atoms with Gasteiger partial charge in [0.2, 0.25) is 5.02 Å². The fourth-order valence-electron chi connectivity index (χ4n) is 1.72. The van der Waals surface area contributed by atoms with Gasteiger partial charge < -0.3 is 19.6 Å². The van der Waals surface area contributed by atoms with E-state index in [0.717, 1.165) is 0 Å². The van der Waals surface area contributed by atoms with Crippen molar-refractivity contribution in [2.24, 2.45) is 0 Å². The van der Waals surface area contributed by atoms with Crippen LogP contribution in [-0.4, -0.2) is 31.1 Å². The van der Waals surface area contributed by atoms with Crippen molar-refractivity contribution in [2.45, 2.75) is 30.7 Å². The van der Waals surface area contributed by atoms with Crippen LogP contribution in [0.25, 0.3) is 0 Å². The molecule has 0 aromatic rings. The molecule has 0 radical (unpaired) electrons. The van der Waals surface area contributed by atoms with Gasteiger partial charge in [0.25, 0.3) is 0 Å². The third kappa shape index (κ3) is 2.50. The molecule has 15 heavy (non-hydrogen) atoms. The second-order valence-corrected chi connectivity index (χ2v) is 7.70. The van der Waals surface area contributed by atoms with Gasteiger partial charge in [0.15, 0.2) is 0 Å². The van der Waals surface area contributed by atoms with Gasteiger partial charge in [-0.05, 0) is 19.4 Å². The average Bonchev–Trinajstić information content (AvgIpc) is 2.25. The largest absolute Gasteiger partial charge is 0.357 e. The summed E-state index contributed by atoms with van der Waals surface area (Å²) >= 11 is 0. The molecule has 90 valence electrons. The van der Waals surface area contributed by atoms with Gasteiger partial charge >= 0.3 is 15.2 Å². The van der Waals surface area contributed by atoms with Gasteiger partial charge in [-0.3, -0.25) is 14.4 Å². The van der Waals surface area contributed by atoms with Gasteiger partial charge in [0.05, 0.1) is 0 Å². The van der Waals surface area contributed by atoms with Gasteiger partial charge in [-0.2, -0.15) is 0 Å². The number of rotatable bonds is 2. The van der Waals surface area contributed by atoms with Gasteiger partial charge in [-0.25, -0.2) is 0 Å². The zero-order valence-corrected chi connectivity index (χ0v) is 9.82. The highest BCUT2D eigenvalue weighted by Gasteiger charge is 2.59. The molecule has 1 aliphatic rings. The number of nitrogens with one attached hydrogen (secondary N) is 1. The highest BCUT2D eigenvalue weighted by molar-refractivity contribution is 7.72. The van der Waals surface area contributed by atoms with Gasteiger partial charge in [0, 0.05) is 0 Å². The van der Waals surface area contributed by atoms with Crippen LogP contribution in [0.4, 0.5) is 0 Å². The SMILES string of the molecule is O=P(O)(O)C1(P(=O)(O)O)CCCCCN1. The maximum absolute atomic E-state index is 11.2. The summed E-state index contributed by atoms with van der Waals surface area (Å²) in [5, 5.41) is -0.0297. The van der Waals surface area contributed by atoms with Crippen LogP contribution in [0, 0.1) is 0 Å². The lowest BCUT2D eigenvalue weighted by Crippen LogP contribution is -2.43. The molecule has 0 aromatic carbocycles. The molecule has 0 spiro atoms. The minimum Gasteiger partial charge on any atom is -0.323 e. The first-order valence-electron chi connectivity index (χ1n) is 4.57. The third-order valence-corrected chi connectivity index (χ3v) is 6.83. The van der Waals surface area contributed by atoms with Crippen molar-refractivity contribution in [1.29, 1.82) is 0 Å². The van der Waals surface area contributed by atoms with Gasteiger partial charge in [0.1, 0.15) is 0 Å². The summed E-state index contributed by atoms with van der Waals surface area (Å²) in [6, 6.07) is 0. The second kappa shape index (κ2) is 4.26. The minimum absolute atomic E-state index is 0.205. The molecule has 1 saturated heterocycles. The quantitative estimate of drug-likeness (QED) is 0.447. The molecule has 0 aliphatic carbocycles. The van der Waals surface area contributed by atoms with E-state index in [4.69, 9.17) is 19.6 Å². The Morgan fingerprint density at radius 2 is 1.47 bits per heavy atom. The molecule has 0 unspecified atom stereocenters. The number of hydrogen-bond donors (Lipinski definition) is 5. The van der Waals surface area contributed by atoms with Crippen LogP contribution in [0.15, 0.2) is 0 Å². The molecule has 0 amide bonds. The van der Waals surface area contributed by atoms with Crippen molar-refractivity contribution in [3.8, 4) is 0 Å². The molecular formula is C6H15NO6P2. The van der Waals surface area contributed by atoms with E-state index in [0.29, 0.717) is 19.3 Å². The van der Waals surface area contributed by atoms with E-state index in [1.807, 2.05) is 0 Å². The zero-order chi connectivity index (χ0) is 11.7. The monoisotopic (exact) mass is 259 g/mol. The Hall–Kier alpha value is 0.260. The summed E-state index contributed by atoms with van der Waals surface area (Å²) in [6.45, 7) is 0.205. The molecule has 1 heterocycles. The van der Waals surface area contributed by atoms with Gasteiger partial charge in [-0.1, -0.05) is 12.8 Å². The molecule has 1 rings (SSSR count). The molecule has 0 bridgehead atoms. The molecule has 1 fully saturated rings. The number of hydrogen-bond acceptors (Lipinski definition) is 3. The first-order chi connectivity index (χ1) is 6.71. The zero-order valence-electron chi connectivity index (χ0n) is 8.04. The van der Waals surface area contributed by atoms with E-state index in [1.54, 1.807) is 0 Å². The van der Waals surface area contributed by atoms with Crippen molar-refractivity contribution in [3.05, 3.63) is 0 Å². The van der Waals surface area contributed by atoms with Crippen molar-refractivity contribution in [1.82, 2.24) is 5.32 Å². The Morgan fingerprint density at radius 1 is 0.933 bits per heavy atom. The normalized spacial score (nSPS) is 23.5. The standard InChI is InChI=1S/C6H15NO6P2/c8-14(9,10)6(15(11,12)13)4-2-1-3-5-7-6/h7H,1-5H2,(H2,8,9,10)(H2,11,12,13). The average molecular weight is 259 g/mol. The summed E-state index contributed by atoms with van der Waals surface area (Å²) in [5.74, 6) is 0. The van der Waals surface area contributed by atoms with Crippen molar-refractivity contribution in [2.75, 3.05) is 6.54 Å². The Kier molecular flexibility index (Phi) is 3.78. The molecule has 0 aromatic heterocycles. The maximum Gasteiger partial charge on any atom is 0.357 e.